The topological polar surface area (TPSA) is 24.5 Å². The Kier molecular flexibility index (Phi) is 8.68. The molecular formula is C22H32Cl2N2O. The van der Waals surface area contributed by atoms with Gasteiger partial charge in [-0.15, -0.1) is 24.8 Å². The molecule has 1 heterocycles. The van der Waals surface area contributed by atoms with Gasteiger partial charge in [0.15, 0.2) is 0 Å². The van der Waals surface area contributed by atoms with Crippen LogP contribution in [0.4, 0.5) is 0 Å². The maximum Gasteiger partial charge on any atom is 0.124 e. The maximum absolute atomic E-state index is 6.13. The van der Waals surface area contributed by atoms with E-state index in [-0.39, 0.29) is 24.8 Å². The molecule has 0 aromatic heterocycles. The average molecular weight is 411 g/mol. The van der Waals surface area contributed by atoms with Gasteiger partial charge in [0.2, 0.25) is 0 Å². The molecule has 3 nitrogen and oxygen atoms in total. The third kappa shape index (κ3) is 4.71. The summed E-state index contributed by atoms with van der Waals surface area (Å²) in [4.78, 5) is 2.72. The standard InChI is InChI=1S/C22H30N2O.2ClH/c1-2-25-20-12-11-17-7-5-6-10-19(17)21(20)22(18-8-3-4-9-18)24-15-13-23-14-16-24;;/h5-7,10-12,18,22-23H,2-4,8-9,13-16H2,1H3;2*1H/t22-;;/m1../s1. The smallest absolute Gasteiger partial charge is 0.124 e. The lowest BCUT2D eigenvalue weighted by Gasteiger charge is -2.39. The predicted molar refractivity (Wildman–Crippen MR) is 119 cm³/mol. The SMILES string of the molecule is CCOc1ccc2ccccc2c1[C@@H](C1CCCC1)N1CCNCC1.Cl.Cl. The summed E-state index contributed by atoms with van der Waals surface area (Å²) in [5, 5.41) is 6.23. The largest absolute Gasteiger partial charge is 0.494 e. The van der Waals surface area contributed by atoms with E-state index in [1.54, 1.807) is 0 Å². The molecule has 0 radical (unpaired) electrons. The van der Waals surface area contributed by atoms with Gasteiger partial charge in [-0.25, -0.2) is 0 Å². The van der Waals surface area contributed by atoms with Crippen molar-refractivity contribution in [2.45, 2.75) is 38.6 Å². The van der Waals surface area contributed by atoms with Crippen molar-refractivity contribution in [3.05, 3.63) is 42.0 Å². The Morgan fingerprint density at radius 2 is 1.74 bits per heavy atom. The number of nitrogens with one attached hydrogen (secondary N) is 1. The van der Waals surface area contributed by atoms with Crippen molar-refractivity contribution in [3.63, 3.8) is 0 Å². The zero-order chi connectivity index (χ0) is 17.1. The van der Waals surface area contributed by atoms with Crippen LogP contribution in [-0.2, 0) is 0 Å². The quantitative estimate of drug-likeness (QED) is 0.730. The van der Waals surface area contributed by atoms with Gasteiger partial charge in [-0.05, 0) is 42.5 Å². The van der Waals surface area contributed by atoms with Gasteiger partial charge in [-0.1, -0.05) is 43.2 Å². The predicted octanol–water partition coefficient (Wildman–Crippen LogP) is 5.22. The molecule has 27 heavy (non-hydrogen) atoms. The van der Waals surface area contributed by atoms with E-state index in [1.807, 2.05) is 0 Å². The number of piperazine rings is 1. The lowest BCUT2D eigenvalue weighted by molar-refractivity contribution is 0.123. The molecule has 2 aliphatic rings. The minimum atomic E-state index is 0. The monoisotopic (exact) mass is 410 g/mol. The van der Waals surface area contributed by atoms with Crippen molar-refractivity contribution in [3.8, 4) is 5.75 Å². The van der Waals surface area contributed by atoms with Crippen LogP contribution in [0.1, 0.15) is 44.2 Å². The number of hydrogen-bond acceptors (Lipinski definition) is 3. The number of halogens is 2. The fourth-order valence-corrected chi connectivity index (χ4v) is 4.81. The van der Waals surface area contributed by atoms with Crippen LogP contribution in [-0.4, -0.2) is 37.7 Å². The van der Waals surface area contributed by atoms with E-state index in [2.05, 4.69) is 53.5 Å². The van der Waals surface area contributed by atoms with E-state index in [9.17, 15) is 0 Å². The summed E-state index contributed by atoms with van der Waals surface area (Å²) in [5.41, 5.74) is 1.44. The number of ether oxygens (including phenoxy) is 1. The number of nitrogens with zero attached hydrogens (tertiary/aromatic N) is 1. The molecule has 1 aliphatic carbocycles. The van der Waals surface area contributed by atoms with E-state index in [0.29, 0.717) is 6.04 Å². The Bertz CT molecular complexity index is 713. The summed E-state index contributed by atoms with van der Waals surface area (Å²) >= 11 is 0. The summed E-state index contributed by atoms with van der Waals surface area (Å²) in [6, 6.07) is 13.7. The molecule has 2 aromatic carbocycles. The fourth-order valence-electron chi connectivity index (χ4n) is 4.81. The minimum absolute atomic E-state index is 0. The van der Waals surface area contributed by atoms with Crippen LogP contribution in [0.3, 0.4) is 0 Å². The zero-order valence-corrected chi connectivity index (χ0v) is 17.8. The summed E-state index contributed by atoms with van der Waals surface area (Å²) in [6.07, 6.45) is 5.46. The molecule has 0 bridgehead atoms. The van der Waals surface area contributed by atoms with Crippen LogP contribution >= 0.6 is 24.8 Å². The summed E-state index contributed by atoms with van der Waals surface area (Å²) < 4.78 is 6.13. The van der Waals surface area contributed by atoms with Gasteiger partial charge in [-0.3, -0.25) is 4.90 Å². The van der Waals surface area contributed by atoms with Crippen LogP contribution in [0.15, 0.2) is 36.4 Å². The lowest BCUT2D eigenvalue weighted by Crippen LogP contribution is -2.46. The van der Waals surface area contributed by atoms with E-state index in [4.69, 9.17) is 4.74 Å². The molecule has 2 fully saturated rings. The molecule has 1 N–H and O–H groups in total. The van der Waals surface area contributed by atoms with Gasteiger partial charge < -0.3 is 10.1 Å². The van der Waals surface area contributed by atoms with Gasteiger partial charge in [-0.2, -0.15) is 0 Å². The molecule has 150 valence electrons. The van der Waals surface area contributed by atoms with Crippen molar-refractivity contribution in [2.24, 2.45) is 5.92 Å². The summed E-state index contributed by atoms with van der Waals surface area (Å²) in [7, 11) is 0. The second-order valence-electron chi connectivity index (χ2n) is 7.41. The van der Waals surface area contributed by atoms with E-state index in [1.165, 1.54) is 42.0 Å². The van der Waals surface area contributed by atoms with Crippen LogP contribution in [0.5, 0.6) is 5.75 Å². The molecule has 2 aromatic rings. The van der Waals surface area contributed by atoms with Gasteiger partial charge >= 0.3 is 0 Å². The molecular weight excluding hydrogens is 379 g/mol. The summed E-state index contributed by atoms with van der Waals surface area (Å²) in [5.74, 6) is 1.85. The second kappa shape index (κ2) is 10.5. The highest BCUT2D eigenvalue weighted by Gasteiger charge is 2.34. The van der Waals surface area contributed by atoms with Crippen LogP contribution < -0.4 is 10.1 Å². The maximum atomic E-state index is 6.13. The van der Waals surface area contributed by atoms with Crippen molar-refractivity contribution >= 4 is 35.6 Å². The average Bonchev–Trinajstić information content (AvgIpc) is 3.19. The molecule has 5 heteroatoms. The Morgan fingerprint density at radius 3 is 2.44 bits per heavy atom. The van der Waals surface area contributed by atoms with Crippen molar-refractivity contribution in [2.75, 3.05) is 32.8 Å². The number of hydrogen-bond donors (Lipinski definition) is 1. The van der Waals surface area contributed by atoms with Crippen LogP contribution in [0.25, 0.3) is 10.8 Å². The number of benzene rings is 2. The molecule has 0 unspecified atom stereocenters. The third-order valence-corrected chi connectivity index (χ3v) is 5.92. The highest BCUT2D eigenvalue weighted by molar-refractivity contribution is 5.88. The van der Waals surface area contributed by atoms with Gasteiger partial charge in [0.05, 0.1) is 6.61 Å². The Morgan fingerprint density at radius 1 is 1.04 bits per heavy atom. The normalized spacial score (nSPS) is 19.3. The van der Waals surface area contributed by atoms with E-state index >= 15 is 0 Å². The molecule has 1 atom stereocenters. The first kappa shape index (κ1) is 22.3. The van der Waals surface area contributed by atoms with Crippen molar-refractivity contribution < 1.29 is 4.74 Å². The molecule has 0 spiro atoms. The lowest BCUT2D eigenvalue weighted by atomic mass is 9.86. The molecule has 4 rings (SSSR count). The van der Waals surface area contributed by atoms with Gasteiger partial charge in [0.1, 0.15) is 5.75 Å². The molecule has 1 saturated carbocycles. The van der Waals surface area contributed by atoms with Crippen molar-refractivity contribution in [1.29, 1.82) is 0 Å². The van der Waals surface area contributed by atoms with Gasteiger partial charge in [0, 0.05) is 37.8 Å². The zero-order valence-electron chi connectivity index (χ0n) is 16.2. The third-order valence-electron chi connectivity index (χ3n) is 5.92. The first-order valence-corrected chi connectivity index (χ1v) is 9.97. The number of fused-ring (bicyclic) bond motifs is 1. The van der Waals surface area contributed by atoms with Gasteiger partial charge in [0.25, 0.3) is 0 Å². The Labute approximate surface area is 175 Å². The van der Waals surface area contributed by atoms with E-state index < -0.39 is 0 Å². The highest BCUT2D eigenvalue weighted by atomic mass is 35.5. The molecule has 1 aliphatic heterocycles. The number of rotatable bonds is 5. The fraction of sp³-hybridized carbons (Fsp3) is 0.545. The Hall–Kier alpha value is -1.00. The van der Waals surface area contributed by atoms with Crippen LogP contribution in [0.2, 0.25) is 0 Å². The first-order valence-electron chi connectivity index (χ1n) is 9.97. The summed E-state index contributed by atoms with van der Waals surface area (Å²) in [6.45, 7) is 7.28. The molecule has 1 saturated heterocycles. The molecule has 0 amide bonds. The van der Waals surface area contributed by atoms with Crippen molar-refractivity contribution in [1.82, 2.24) is 10.2 Å². The first-order chi connectivity index (χ1) is 12.4. The minimum Gasteiger partial charge on any atom is -0.494 e. The van der Waals surface area contributed by atoms with E-state index in [0.717, 1.165) is 44.5 Å². The highest BCUT2D eigenvalue weighted by Crippen LogP contribution is 2.45. The second-order valence-corrected chi connectivity index (χ2v) is 7.41. The Balaban J connectivity index is 0.00000131. The van der Waals surface area contributed by atoms with Crippen LogP contribution in [0, 0.1) is 5.92 Å².